The summed E-state index contributed by atoms with van der Waals surface area (Å²) < 4.78 is 5.30. The molecule has 0 aromatic heterocycles. The maximum atomic E-state index is 13.0. The van der Waals surface area contributed by atoms with Crippen LogP contribution in [0.1, 0.15) is 35.2 Å². The predicted molar refractivity (Wildman–Crippen MR) is 133 cm³/mol. The zero-order valence-corrected chi connectivity index (χ0v) is 20.2. The van der Waals surface area contributed by atoms with Crippen molar-refractivity contribution in [3.63, 3.8) is 0 Å². The molecule has 0 bridgehead atoms. The molecule has 9 nitrogen and oxygen atoms in total. The fourth-order valence-electron chi connectivity index (χ4n) is 3.70. The number of hydrogen-bond acceptors (Lipinski definition) is 6. The SMILES string of the molecule is CSCCC(NC(=O)c1ccc(COC(=O)NCC2CCC(=O)N2)cc1-c1ccccc1)C(=O)O. The number of carbonyl (C=O) groups excluding carboxylic acids is 3. The first-order valence-electron chi connectivity index (χ1n) is 11.3. The number of nitrogens with one attached hydrogen (secondary N) is 3. The van der Waals surface area contributed by atoms with E-state index in [-0.39, 0.29) is 18.6 Å². The van der Waals surface area contributed by atoms with Crippen LogP contribution in [-0.2, 0) is 20.9 Å². The van der Waals surface area contributed by atoms with E-state index in [2.05, 4.69) is 16.0 Å². The van der Waals surface area contributed by atoms with Gasteiger partial charge in [-0.05, 0) is 53.7 Å². The van der Waals surface area contributed by atoms with Gasteiger partial charge in [-0.15, -0.1) is 0 Å². The quantitative estimate of drug-likeness (QED) is 0.374. The van der Waals surface area contributed by atoms with Crippen LogP contribution in [0.3, 0.4) is 0 Å². The summed E-state index contributed by atoms with van der Waals surface area (Å²) in [6.45, 7) is 0.274. The molecule has 1 saturated heterocycles. The molecule has 10 heteroatoms. The van der Waals surface area contributed by atoms with Crippen LogP contribution in [0.5, 0.6) is 0 Å². The van der Waals surface area contributed by atoms with Gasteiger partial charge in [0.1, 0.15) is 12.6 Å². The Morgan fingerprint density at radius 3 is 2.63 bits per heavy atom. The van der Waals surface area contributed by atoms with Crippen molar-refractivity contribution in [2.75, 3.05) is 18.6 Å². The Morgan fingerprint density at radius 2 is 1.97 bits per heavy atom. The van der Waals surface area contributed by atoms with Crippen molar-refractivity contribution in [3.8, 4) is 11.1 Å². The lowest BCUT2D eigenvalue weighted by atomic mass is 9.96. The molecular formula is C25H29N3O6S. The number of aliphatic carboxylic acids is 1. The lowest BCUT2D eigenvalue weighted by Crippen LogP contribution is -2.41. The number of carboxylic acids is 1. The zero-order chi connectivity index (χ0) is 25.2. The van der Waals surface area contributed by atoms with Crippen LogP contribution in [0.4, 0.5) is 4.79 Å². The number of carbonyl (C=O) groups is 4. The molecule has 0 radical (unpaired) electrons. The number of carboxylic acid groups (broad SMARTS) is 1. The van der Waals surface area contributed by atoms with Gasteiger partial charge in [0.05, 0.1) is 0 Å². The van der Waals surface area contributed by atoms with E-state index in [1.54, 1.807) is 18.2 Å². The van der Waals surface area contributed by atoms with Gasteiger partial charge in [-0.25, -0.2) is 9.59 Å². The molecule has 1 heterocycles. The van der Waals surface area contributed by atoms with Crippen molar-refractivity contribution in [2.24, 2.45) is 0 Å². The first-order chi connectivity index (χ1) is 16.9. The van der Waals surface area contributed by atoms with Crippen molar-refractivity contribution in [2.45, 2.75) is 38.0 Å². The van der Waals surface area contributed by atoms with Gasteiger partial charge >= 0.3 is 12.1 Å². The fraction of sp³-hybridized carbons (Fsp3) is 0.360. The molecule has 2 aromatic carbocycles. The minimum absolute atomic E-state index is 0.0178. The summed E-state index contributed by atoms with van der Waals surface area (Å²) in [6, 6.07) is 13.2. The topological polar surface area (TPSA) is 134 Å². The molecule has 1 fully saturated rings. The maximum Gasteiger partial charge on any atom is 0.407 e. The van der Waals surface area contributed by atoms with E-state index in [0.29, 0.717) is 48.3 Å². The van der Waals surface area contributed by atoms with Crippen LogP contribution in [0.2, 0.25) is 0 Å². The molecule has 35 heavy (non-hydrogen) atoms. The van der Waals surface area contributed by atoms with Gasteiger partial charge in [0, 0.05) is 24.6 Å². The Kier molecular flexibility index (Phi) is 9.54. The van der Waals surface area contributed by atoms with E-state index in [0.717, 1.165) is 5.56 Å². The number of rotatable bonds is 11. The number of ether oxygens (including phenoxy) is 1. The molecule has 0 saturated carbocycles. The van der Waals surface area contributed by atoms with E-state index < -0.39 is 24.0 Å². The van der Waals surface area contributed by atoms with Crippen LogP contribution >= 0.6 is 11.8 Å². The molecular weight excluding hydrogens is 470 g/mol. The Bertz CT molecular complexity index is 1060. The number of alkyl carbamates (subject to hydrolysis) is 1. The summed E-state index contributed by atoms with van der Waals surface area (Å²) in [7, 11) is 0. The van der Waals surface area contributed by atoms with E-state index in [4.69, 9.17) is 4.74 Å². The standard InChI is InChI=1S/C25H29N3O6S/c1-35-12-11-21(24(31)32)28-23(30)19-9-7-16(13-20(19)17-5-3-2-4-6-17)15-34-25(33)26-14-18-8-10-22(29)27-18/h2-7,9,13,18,21H,8,10-12,14-15H2,1H3,(H,26,33)(H,27,29)(H,28,30)(H,31,32). The zero-order valence-electron chi connectivity index (χ0n) is 19.4. The summed E-state index contributed by atoms with van der Waals surface area (Å²) in [6.07, 6.45) is 2.71. The summed E-state index contributed by atoms with van der Waals surface area (Å²) in [5.41, 5.74) is 2.38. The molecule has 0 aliphatic carbocycles. The normalized spacial score (nSPS) is 15.7. The number of benzene rings is 2. The summed E-state index contributed by atoms with van der Waals surface area (Å²) >= 11 is 1.51. The first kappa shape index (κ1) is 26.1. The second-order valence-electron chi connectivity index (χ2n) is 8.15. The Balaban J connectivity index is 1.70. The monoisotopic (exact) mass is 499 g/mol. The van der Waals surface area contributed by atoms with Crippen molar-refractivity contribution in [1.29, 1.82) is 0 Å². The van der Waals surface area contributed by atoms with Gasteiger partial charge in [0.25, 0.3) is 5.91 Å². The van der Waals surface area contributed by atoms with Gasteiger partial charge in [-0.1, -0.05) is 36.4 Å². The predicted octanol–water partition coefficient (Wildman–Crippen LogP) is 2.79. The average Bonchev–Trinajstić information content (AvgIpc) is 3.29. The van der Waals surface area contributed by atoms with Crippen molar-refractivity contribution >= 4 is 35.6 Å². The third kappa shape index (κ3) is 7.74. The minimum Gasteiger partial charge on any atom is -0.480 e. The molecule has 3 rings (SSSR count). The smallest absolute Gasteiger partial charge is 0.407 e. The van der Waals surface area contributed by atoms with Crippen LogP contribution in [0.15, 0.2) is 48.5 Å². The van der Waals surface area contributed by atoms with Crippen molar-refractivity contribution < 1.29 is 29.0 Å². The van der Waals surface area contributed by atoms with Crippen LogP contribution in [-0.4, -0.2) is 59.6 Å². The molecule has 0 spiro atoms. The highest BCUT2D eigenvalue weighted by Gasteiger charge is 2.23. The highest BCUT2D eigenvalue weighted by Crippen LogP contribution is 2.26. The van der Waals surface area contributed by atoms with Crippen molar-refractivity contribution in [3.05, 3.63) is 59.7 Å². The second kappa shape index (κ2) is 12.8. The van der Waals surface area contributed by atoms with Crippen molar-refractivity contribution in [1.82, 2.24) is 16.0 Å². The van der Waals surface area contributed by atoms with Gasteiger partial charge in [0.2, 0.25) is 5.91 Å². The summed E-state index contributed by atoms with van der Waals surface area (Å²) in [5, 5.41) is 17.5. The fourth-order valence-corrected chi connectivity index (χ4v) is 4.17. The number of thioether (sulfide) groups is 1. The number of hydrogen-bond donors (Lipinski definition) is 4. The lowest BCUT2D eigenvalue weighted by molar-refractivity contribution is -0.139. The lowest BCUT2D eigenvalue weighted by Gasteiger charge is -2.17. The van der Waals surface area contributed by atoms with E-state index in [1.807, 2.05) is 36.6 Å². The van der Waals surface area contributed by atoms with E-state index >= 15 is 0 Å². The largest absolute Gasteiger partial charge is 0.480 e. The Hall–Kier alpha value is -3.53. The molecule has 186 valence electrons. The van der Waals surface area contributed by atoms with Crippen LogP contribution in [0.25, 0.3) is 11.1 Å². The Labute approximate surface area is 208 Å². The number of amides is 3. The minimum atomic E-state index is -1.08. The third-order valence-corrected chi connectivity index (χ3v) is 6.22. The molecule has 1 aliphatic heterocycles. The molecule has 2 aromatic rings. The molecule has 2 unspecified atom stereocenters. The summed E-state index contributed by atoms with van der Waals surface area (Å²) in [5.74, 6) is -0.987. The highest BCUT2D eigenvalue weighted by atomic mass is 32.2. The molecule has 2 atom stereocenters. The second-order valence-corrected chi connectivity index (χ2v) is 9.14. The van der Waals surface area contributed by atoms with Crippen LogP contribution < -0.4 is 16.0 Å². The van der Waals surface area contributed by atoms with Crippen LogP contribution in [0, 0.1) is 0 Å². The van der Waals surface area contributed by atoms with E-state index in [9.17, 15) is 24.3 Å². The average molecular weight is 500 g/mol. The highest BCUT2D eigenvalue weighted by molar-refractivity contribution is 7.98. The van der Waals surface area contributed by atoms with Gasteiger partial charge in [-0.3, -0.25) is 9.59 Å². The molecule has 1 aliphatic rings. The van der Waals surface area contributed by atoms with Gasteiger partial charge in [0.15, 0.2) is 0 Å². The van der Waals surface area contributed by atoms with E-state index in [1.165, 1.54) is 11.8 Å². The first-order valence-corrected chi connectivity index (χ1v) is 12.7. The third-order valence-electron chi connectivity index (χ3n) is 5.58. The van der Waals surface area contributed by atoms with Gasteiger partial charge < -0.3 is 25.8 Å². The maximum absolute atomic E-state index is 13.0. The Morgan fingerprint density at radius 1 is 1.20 bits per heavy atom. The molecule has 3 amide bonds. The summed E-state index contributed by atoms with van der Waals surface area (Å²) in [4.78, 5) is 48.0. The molecule has 4 N–H and O–H groups in total. The van der Waals surface area contributed by atoms with Gasteiger partial charge in [-0.2, -0.15) is 11.8 Å².